The summed E-state index contributed by atoms with van der Waals surface area (Å²) in [6.45, 7) is 3.13. The van der Waals surface area contributed by atoms with Crippen molar-refractivity contribution in [3.8, 4) is 11.5 Å². The van der Waals surface area contributed by atoms with Crippen molar-refractivity contribution in [2.45, 2.75) is 13.0 Å². The highest BCUT2D eigenvalue weighted by atomic mass is 16.3. The second-order valence-corrected chi connectivity index (χ2v) is 3.21. The van der Waals surface area contributed by atoms with E-state index in [1.54, 1.807) is 6.07 Å². The van der Waals surface area contributed by atoms with Crippen LogP contribution in [0.3, 0.4) is 0 Å². The van der Waals surface area contributed by atoms with Gasteiger partial charge in [0.1, 0.15) is 11.5 Å². The van der Waals surface area contributed by atoms with Crippen LogP contribution in [0, 0.1) is 0 Å². The molecule has 14 heavy (non-hydrogen) atoms. The van der Waals surface area contributed by atoms with Crippen LogP contribution in [0.2, 0.25) is 0 Å². The molecule has 0 heterocycles. The number of phenols is 2. The maximum atomic E-state index is 9.52. The molecule has 5 N–H and O–H groups in total. The molecular weight excluding hydrogens is 180 g/mol. The molecule has 0 aromatic heterocycles. The fourth-order valence-electron chi connectivity index (χ4n) is 1.30. The molecule has 0 saturated carbocycles. The summed E-state index contributed by atoms with van der Waals surface area (Å²) in [7, 11) is 0. The Kier molecular flexibility index (Phi) is 3.73. The SMILES string of the molecule is CC(NCCN)c1cc(O)ccc1O. The lowest BCUT2D eigenvalue weighted by atomic mass is 10.1. The van der Waals surface area contributed by atoms with E-state index in [0.717, 1.165) is 0 Å². The average molecular weight is 196 g/mol. The van der Waals surface area contributed by atoms with Crippen molar-refractivity contribution in [2.24, 2.45) is 5.73 Å². The summed E-state index contributed by atoms with van der Waals surface area (Å²) in [5, 5.41) is 21.9. The van der Waals surface area contributed by atoms with Gasteiger partial charge in [0.15, 0.2) is 0 Å². The highest BCUT2D eigenvalue weighted by molar-refractivity contribution is 5.40. The summed E-state index contributed by atoms with van der Waals surface area (Å²) < 4.78 is 0. The van der Waals surface area contributed by atoms with Crippen molar-refractivity contribution in [3.05, 3.63) is 23.8 Å². The van der Waals surface area contributed by atoms with Crippen LogP contribution in [0.5, 0.6) is 11.5 Å². The lowest BCUT2D eigenvalue weighted by Gasteiger charge is -2.15. The van der Waals surface area contributed by atoms with Gasteiger partial charge in [-0.3, -0.25) is 0 Å². The number of nitrogens with one attached hydrogen (secondary N) is 1. The molecule has 0 radical (unpaired) electrons. The van der Waals surface area contributed by atoms with Gasteiger partial charge in [0.2, 0.25) is 0 Å². The van der Waals surface area contributed by atoms with Gasteiger partial charge in [-0.2, -0.15) is 0 Å². The van der Waals surface area contributed by atoms with Crippen molar-refractivity contribution < 1.29 is 10.2 Å². The molecule has 4 nitrogen and oxygen atoms in total. The second-order valence-electron chi connectivity index (χ2n) is 3.21. The Labute approximate surface area is 83.4 Å². The standard InChI is InChI=1S/C10H16N2O2/c1-7(12-5-4-11)9-6-8(13)2-3-10(9)14/h2-3,6-7,12-14H,4-5,11H2,1H3. The minimum Gasteiger partial charge on any atom is -0.508 e. The van der Waals surface area contributed by atoms with Gasteiger partial charge in [-0.15, -0.1) is 0 Å². The highest BCUT2D eigenvalue weighted by Crippen LogP contribution is 2.27. The second kappa shape index (κ2) is 4.83. The maximum absolute atomic E-state index is 9.52. The Bertz CT molecular complexity index is 302. The number of benzene rings is 1. The molecule has 0 bridgehead atoms. The van der Waals surface area contributed by atoms with Crippen molar-refractivity contribution in [1.82, 2.24) is 5.32 Å². The Morgan fingerprint density at radius 2 is 2.14 bits per heavy atom. The van der Waals surface area contributed by atoms with E-state index in [1.807, 2.05) is 6.92 Å². The molecule has 1 aromatic carbocycles. The van der Waals surface area contributed by atoms with E-state index in [0.29, 0.717) is 18.7 Å². The fourth-order valence-corrected chi connectivity index (χ4v) is 1.30. The third kappa shape index (κ3) is 2.61. The first-order valence-corrected chi connectivity index (χ1v) is 4.60. The zero-order valence-corrected chi connectivity index (χ0v) is 8.20. The van der Waals surface area contributed by atoms with Gasteiger partial charge in [0.25, 0.3) is 0 Å². The van der Waals surface area contributed by atoms with Crippen LogP contribution in [-0.2, 0) is 0 Å². The van der Waals surface area contributed by atoms with E-state index in [2.05, 4.69) is 5.32 Å². The van der Waals surface area contributed by atoms with Crippen molar-refractivity contribution in [3.63, 3.8) is 0 Å². The van der Waals surface area contributed by atoms with Crippen LogP contribution in [0.4, 0.5) is 0 Å². The van der Waals surface area contributed by atoms with Crippen molar-refractivity contribution in [1.29, 1.82) is 0 Å². The van der Waals surface area contributed by atoms with Crippen LogP contribution in [0.15, 0.2) is 18.2 Å². The molecule has 0 aliphatic heterocycles. The van der Waals surface area contributed by atoms with Gasteiger partial charge < -0.3 is 21.3 Å². The van der Waals surface area contributed by atoms with E-state index in [4.69, 9.17) is 5.73 Å². The molecule has 0 aliphatic carbocycles. The van der Waals surface area contributed by atoms with E-state index in [1.165, 1.54) is 12.1 Å². The smallest absolute Gasteiger partial charge is 0.120 e. The topological polar surface area (TPSA) is 78.5 Å². The van der Waals surface area contributed by atoms with Crippen LogP contribution in [-0.4, -0.2) is 23.3 Å². The number of rotatable bonds is 4. The lowest BCUT2D eigenvalue weighted by Crippen LogP contribution is -2.25. The van der Waals surface area contributed by atoms with E-state index < -0.39 is 0 Å². The number of hydrogen-bond donors (Lipinski definition) is 4. The third-order valence-corrected chi connectivity index (χ3v) is 2.07. The van der Waals surface area contributed by atoms with Gasteiger partial charge in [0, 0.05) is 24.7 Å². The zero-order chi connectivity index (χ0) is 10.6. The molecular formula is C10H16N2O2. The predicted octanol–water partition coefficient (Wildman–Crippen LogP) is 0.707. The van der Waals surface area contributed by atoms with Gasteiger partial charge in [-0.05, 0) is 25.1 Å². The number of hydrogen-bond acceptors (Lipinski definition) is 4. The molecule has 0 spiro atoms. The zero-order valence-electron chi connectivity index (χ0n) is 8.20. The molecule has 0 saturated heterocycles. The summed E-state index contributed by atoms with van der Waals surface area (Å²) in [6, 6.07) is 4.45. The normalized spacial score (nSPS) is 12.7. The third-order valence-electron chi connectivity index (χ3n) is 2.07. The lowest BCUT2D eigenvalue weighted by molar-refractivity contribution is 0.442. The molecule has 1 aromatic rings. The van der Waals surface area contributed by atoms with Gasteiger partial charge in [-0.25, -0.2) is 0 Å². The molecule has 4 heteroatoms. The number of nitrogens with two attached hydrogens (primary N) is 1. The largest absolute Gasteiger partial charge is 0.508 e. The number of phenolic OH excluding ortho intramolecular Hbond substituents is 2. The number of aromatic hydroxyl groups is 2. The van der Waals surface area contributed by atoms with Gasteiger partial charge in [0.05, 0.1) is 0 Å². The summed E-state index contributed by atoms with van der Waals surface area (Å²) in [5.41, 5.74) is 6.03. The highest BCUT2D eigenvalue weighted by Gasteiger charge is 2.09. The van der Waals surface area contributed by atoms with Gasteiger partial charge in [-0.1, -0.05) is 0 Å². The van der Waals surface area contributed by atoms with Crippen LogP contribution in [0.1, 0.15) is 18.5 Å². The predicted molar refractivity (Wildman–Crippen MR) is 55.2 cm³/mol. The van der Waals surface area contributed by atoms with Gasteiger partial charge >= 0.3 is 0 Å². The minimum atomic E-state index is -0.0225. The molecule has 1 rings (SSSR count). The first-order valence-electron chi connectivity index (χ1n) is 4.60. The van der Waals surface area contributed by atoms with Crippen molar-refractivity contribution in [2.75, 3.05) is 13.1 Å². The first kappa shape index (κ1) is 10.8. The molecule has 1 unspecified atom stereocenters. The van der Waals surface area contributed by atoms with E-state index in [-0.39, 0.29) is 17.5 Å². The Hall–Kier alpha value is -1.26. The van der Waals surface area contributed by atoms with E-state index >= 15 is 0 Å². The fraction of sp³-hybridized carbons (Fsp3) is 0.400. The summed E-state index contributed by atoms with van der Waals surface area (Å²) >= 11 is 0. The summed E-state index contributed by atoms with van der Waals surface area (Å²) in [6.07, 6.45) is 0. The molecule has 0 aliphatic rings. The Balaban J connectivity index is 2.77. The average Bonchev–Trinajstić information content (AvgIpc) is 2.18. The summed E-state index contributed by atoms with van der Waals surface area (Å²) in [5.74, 6) is 0.332. The quantitative estimate of drug-likeness (QED) is 0.535. The van der Waals surface area contributed by atoms with E-state index in [9.17, 15) is 10.2 Å². The molecule has 0 amide bonds. The molecule has 1 atom stereocenters. The monoisotopic (exact) mass is 196 g/mol. The maximum Gasteiger partial charge on any atom is 0.120 e. The molecule has 78 valence electrons. The first-order chi connectivity index (χ1) is 6.65. The van der Waals surface area contributed by atoms with Crippen LogP contribution in [0.25, 0.3) is 0 Å². The Morgan fingerprint density at radius 3 is 2.79 bits per heavy atom. The van der Waals surface area contributed by atoms with Crippen molar-refractivity contribution >= 4 is 0 Å². The Morgan fingerprint density at radius 1 is 1.43 bits per heavy atom. The van der Waals surface area contributed by atoms with Crippen LogP contribution >= 0.6 is 0 Å². The summed E-state index contributed by atoms with van der Waals surface area (Å²) in [4.78, 5) is 0. The van der Waals surface area contributed by atoms with Crippen LogP contribution < -0.4 is 11.1 Å². The minimum absolute atomic E-state index is 0.0225. The molecule has 0 fully saturated rings.